The van der Waals surface area contributed by atoms with Crippen LogP contribution in [0.15, 0.2) is 47.6 Å². The summed E-state index contributed by atoms with van der Waals surface area (Å²) >= 11 is 5.75. The number of ether oxygens (including phenoxy) is 1. The molecule has 0 unspecified atom stereocenters. The molecule has 11 heteroatoms. The van der Waals surface area contributed by atoms with Gasteiger partial charge < -0.3 is 10.1 Å². The van der Waals surface area contributed by atoms with Crippen molar-refractivity contribution >= 4 is 41.3 Å². The summed E-state index contributed by atoms with van der Waals surface area (Å²) in [5.74, 6) is -3.00. The Bertz CT molecular complexity index is 960. The highest BCUT2D eigenvalue weighted by Gasteiger charge is 2.31. The molecule has 0 aliphatic heterocycles. The molecular formula is C18H13ClF3N3O4. The molecule has 152 valence electrons. The van der Waals surface area contributed by atoms with Gasteiger partial charge in [0.25, 0.3) is 0 Å². The van der Waals surface area contributed by atoms with E-state index in [1.54, 1.807) is 0 Å². The van der Waals surface area contributed by atoms with Crippen molar-refractivity contribution in [3.05, 3.63) is 64.2 Å². The molecule has 0 saturated carbocycles. The quantitative estimate of drug-likeness (QED) is 0.339. The normalized spacial score (nSPS) is 11.2. The van der Waals surface area contributed by atoms with Gasteiger partial charge in [-0.3, -0.25) is 9.59 Å². The Hall–Kier alpha value is -3.40. The molecule has 0 bridgehead atoms. The Morgan fingerprint density at radius 2 is 1.72 bits per heavy atom. The largest absolute Gasteiger partial charge is 0.465 e. The van der Waals surface area contributed by atoms with Crippen molar-refractivity contribution in [2.75, 3.05) is 12.4 Å². The van der Waals surface area contributed by atoms with Gasteiger partial charge in [0.2, 0.25) is 0 Å². The van der Waals surface area contributed by atoms with Crippen LogP contribution in [0.1, 0.15) is 21.5 Å². The van der Waals surface area contributed by atoms with E-state index in [1.165, 1.54) is 37.6 Å². The van der Waals surface area contributed by atoms with Crippen molar-refractivity contribution in [3.63, 3.8) is 0 Å². The average Bonchev–Trinajstić information content (AvgIpc) is 2.68. The predicted octanol–water partition coefficient (Wildman–Crippen LogP) is 3.23. The number of hydrogen-bond acceptors (Lipinski definition) is 5. The molecule has 2 rings (SSSR count). The van der Waals surface area contributed by atoms with Crippen LogP contribution in [0.25, 0.3) is 0 Å². The monoisotopic (exact) mass is 427 g/mol. The second-order valence-electron chi connectivity index (χ2n) is 5.46. The molecule has 2 aromatic rings. The number of anilines is 1. The number of esters is 1. The number of nitrogens with one attached hydrogen (secondary N) is 2. The molecule has 0 aliphatic rings. The van der Waals surface area contributed by atoms with Crippen LogP contribution < -0.4 is 10.7 Å². The molecule has 2 aromatic carbocycles. The van der Waals surface area contributed by atoms with E-state index in [1.807, 2.05) is 10.7 Å². The highest BCUT2D eigenvalue weighted by atomic mass is 35.5. The molecule has 7 nitrogen and oxygen atoms in total. The van der Waals surface area contributed by atoms with Crippen LogP contribution in [0.5, 0.6) is 0 Å². The molecule has 0 fully saturated rings. The first kappa shape index (κ1) is 21.9. The molecule has 0 heterocycles. The summed E-state index contributed by atoms with van der Waals surface area (Å²) < 4.78 is 42.8. The van der Waals surface area contributed by atoms with Gasteiger partial charge >= 0.3 is 24.0 Å². The molecule has 2 amide bonds. The van der Waals surface area contributed by atoms with Gasteiger partial charge in [-0.15, -0.1) is 0 Å². The highest BCUT2D eigenvalue weighted by molar-refractivity contribution is 6.41. The third kappa shape index (κ3) is 6.04. The third-order valence-electron chi connectivity index (χ3n) is 3.46. The van der Waals surface area contributed by atoms with Crippen LogP contribution >= 0.6 is 11.6 Å². The fourth-order valence-electron chi connectivity index (χ4n) is 2.02. The van der Waals surface area contributed by atoms with Crippen LogP contribution in [-0.4, -0.2) is 31.1 Å². The number of alkyl halides is 3. The number of carbonyl (C=O) groups excluding carboxylic acids is 3. The van der Waals surface area contributed by atoms with Crippen LogP contribution in [0.3, 0.4) is 0 Å². The highest BCUT2D eigenvalue weighted by Crippen LogP contribution is 2.33. The molecule has 0 aromatic heterocycles. The fraction of sp³-hybridized carbons (Fsp3) is 0.111. The van der Waals surface area contributed by atoms with E-state index >= 15 is 0 Å². The van der Waals surface area contributed by atoms with Crippen LogP contribution in [0.2, 0.25) is 5.02 Å². The lowest BCUT2D eigenvalue weighted by Gasteiger charge is -2.11. The standard InChI is InChI=1S/C18H13ClF3N3O4/c1-29-17(28)11-4-2-10(3-5-11)9-23-25-16(27)15(26)24-14-8-12(18(20,21)22)6-7-13(14)19/h2-9H,1H3,(H,24,26)(H,25,27). The summed E-state index contributed by atoms with van der Waals surface area (Å²) in [4.78, 5) is 34.9. The number of amides is 2. The van der Waals surface area contributed by atoms with E-state index < -0.39 is 29.5 Å². The Kier molecular flexibility index (Phi) is 6.94. The average molecular weight is 428 g/mol. The number of nitrogens with zero attached hydrogens (tertiary/aromatic N) is 1. The van der Waals surface area contributed by atoms with E-state index in [-0.39, 0.29) is 10.7 Å². The molecule has 0 atom stereocenters. The van der Waals surface area contributed by atoms with Gasteiger partial charge in [0.1, 0.15) is 0 Å². The van der Waals surface area contributed by atoms with Gasteiger partial charge in [-0.25, -0.2) is 10.2 Å². The first-order chi connectivity index (χ1) is 13.6. The zero-order chi connectivity index (χ0) is 21.6. The fourth-order valence-corrected chi connectivity index (χ4v) is 2.18. The summed E-state index contributed by atoms with van der Waals surface area (Å²) in [7, 11) is 1.24. The Morgan fingerprint density at radius 3 is 2.31 bits per heavy atom. The van der Waals surface area contributed by atoms with Crippen molar-refractivity contribution in [3.8, 4) is 0 Å². The Labute approximate surface area is 167 Å². The second-order valence-corrected chi connectivity index (χ2v) is 5.87. The van der Waals surface area contributed by atoms with Crippen LogP contribution in [0, 0.1) is 0 Å². The molecular weight excluding hydrogens is 415 g/mol. The lowest BCUT2D eigenvalue weighted by atomic mass is 10.1. The third-order valence-corrected chi connectivity index (χ3v) is 3.79. The van der Waals surface area contributed by atoms with Gasteiger partial charge in [-0.05, 0) is 35.9 Å². The maximum atomic E-state index is 12.7. The molecule has 2 N–H and O–H groups in total. The number of hydrogen-bond donors (Lipinski definition) is 2. The SMILES string of the molecule is COC(=O)c1ccc(C=NNC(=O)C(=O)Nc2cc(C(F)(F)F)ccc2Cl)cc1. The second kappa shape index (κ2) is 9.20. The maximum Gasteiger partial charge on any atom is 0.416 e. The summed E-state index contributed by atoms with van der Waals surface area (Å²) in [6, 6.07) is 8.28. The van der Waals surface area contributed by atoms with Gasteiger partial charge in [0, 0.05) is 0 Å². The van der Waals surface area contributed by atoms with Crippen molar-refractivity contribution < 1.29 is 32.3 Å². The minimum atomic E-state index is -4.64. The van der Waals surface area contributed by atoms with Gasteiger partial charge in [0.05, 0.1) is 35.2 Å². The van der Waals surface area contributed by atoms with Crippen molar-refractivity contribution in [1.29, 1.82) is 0 Å². The molecule has 0 aliphatic carbocycles. The molecule has 29 heavy (non-hydrogen) atoms. The number of methoxy groups -OCH3 is 1. The topological polar surface area (TPSA) is 96.9 Å². The van der Waals surface area contributed by atoms with E-state index in [4.69, 9.17) is 11.6 Å². The molecule has 0 spiro atoms. The number of halogens is 4. The minimum absolute atomic E-state index is 0.173. The van der Waals surface area contributed by atoms with Gasteiger partial charge in [0.15, 0.2) is 0 Å². The lowest BCUT2D eigenvalue weighted by Crippen LogP contribution is -2.32. The maximum absolute atomic E-state index is 12.7. The summed E-state index contributed by atoms with van der Waals surface area (Å²) in [5.41, 5.74) is 1.33. The first-order valence-corrected chi connectivity index (χ1v) is 8.19. The number of hydrazone groups is 1. The van der Waals surface area contributed by atoms with Gasteiger partial charge in [-0.1, -0.05) is 23.7 Å². The zero-order valence-electron chi connectivity index (χ0n) is 14.7. The van der Waals surface area contributed by atoms with Crippen LogP contribution in [0.4, 0.5) is 18.9 Å². The van der Waals surface area contributed by atoms with E-state index in [2.05, 4.69) is 9.84 Å². The van der Waals surface area contributed by atoms with E-state index in [9.17, 15) is 27.6 Å². The van der Waals surface area contributed by atoms with E-state index in [0.29, 0.717) is 17.2 Å². The van der Waals surface area contributed by atoms with Gasteiger partial charge in [-0.2, -0.15) is 18.3 Å². The first-order valence-electron chi connectivity index (χ1n) is 7.81. The zero-order valence-corrected chi connectivity index (χ0v) is 15.5. The summed E-state index contributed by atoms with van der Waals surface area (Å²) in [5, 5.41) is 5.38. The number of carbonyl (C=O) groups is 3. The van der Waals surface area contributed by atoms with Crippen molar-refractivity contribution in [2.24, 2.45) is 5.10 Å². The van der Waals surface area contributed by atoms with Crippen LogP contribution in [-0.2, 0) is 20.5 Å². The number of rotatable bonds is 4. The van der Waals surface area contributed by atoms with Crippen molar-refractivity contribution in [2.45, 2.75) is 6.18 Å². The summed E-state index contributed by atoms with van der Waals surface area (Å²) in [6.07, 6.45) is -3.44. The summed E-state index contributed by atoms with van der Waals surface area (Å²) in [6.45, 7) is 0. The lowest BCUT2D eigenvalue weighted by molar-refractivity contribution is -0.137. The van der Waals surface area contributed by atoms with E-state index in [0.717, 1.165) is 12.1 Å². The molecule has 0 saturated heterocycles. The predicted molar refractivity (Wildman–Crippen MR) is 98.6 cm³/mol. The Balaban J connectivity index is 1.98. The smallest absolute Gasteiger partial charge is 0.416 e. The number of benzene rings is 2. The Morgan fingerprint density at radius 1 is 1.07 bits per heavy atom. The van der Waals surface area contributed by atoms with Crippen molar-refractivity contribution in [1.82, 2.24) is 5.43 Å². The minimum Gasteiger partial charge on any atom is -0.465 e. The molecule has 0 radical (unpaired) electrons.